The molecule has 27 heavy (non-hydrogen) atoms. The Morgan fingerprint density at radius 2 is 1.67 bits per heavy atom. The van der Waals surface area contributed by atoms with Gasteiger partial charge in [0.2, 0.25) is 10.0 Å². The molecule has 144 valence electrons. The topological polar surface area (TPSA) is 66.5 Å². The number of benzene rings is 2. The van der Waals surface area contributed by atoms with Crippen LogP contribution in [0.2, 0.25) is 0 Å². The molecule has 1 aliphatic heterocycles. The molecule has 1 saturated heterocycles. The summed E-state index contributed by atoms with van der Waals surface area (Å²) >= 11 is 0. The van der Waals surface area contributed by atoms with E-state index in [-0.39, 0.29) is 17.0 Å². The van der Waals surface area contributed by atoms with E-state index in [0.717, 1.165) is 31.4 Å². The van der Waals surface area contributed by atoms with Crippen LogP contribution in [0.4, 0.5) is 8.78 Å². The van der Waals surface area contributed by atoms with Gasteiger partial charge in [0, 0.05) is 25.7 Å². The maximum Gasteiger partial charge on any atom is 0.254 e. The third-order valence-corrected chi connectivity index (χ3v) is 6.42. The molecule has 0 saturated carbocycles. The fourth-order valence-corrected chi connectivity index (χ4v) is 4.50. The number of hydrogen-bond acceptors (Lipinski definition) is 3. The van der Waals surface area contributed by atoms with Crippen LogP contribution >= 0.6 is 0 Å². The van der Waals surface area contributed by atoms with Crippen molar-refractivity contribution in [2.45, 2.75) is 30.7 Å². The zero-order chi connectivity index (χ0) is 19.4. The quantitative estimate of drug-likeness (QED) is 0.848. The highest BCUT2D eigenvalue weighted by atomic mass is 32.2. The van der Waals surface area contributed by atoms with Crippen LogP contribution in [-0.2, 0) is 16.6 Å². The summed E-state index contributed by atoms with van der Waals surface area (Å²) in [6.07, 6.45) is 2.77. The Labute approximate surface area is 157 Å². The van der Waals surface area contributed by atoms with E-state index in [4.69, 9.17) is 0 Å². The standard InChI is InChI=1S/C19H20F2N2O3S/c20-15-6-9-17(18(21)12-15)19(24)22-13-14-4-7-16(8-5-14)27(25,26)23-10-2-1-3-11-23/h4-9,12H,1-3,10-11,13H2,(H,22,24). The lowest BCUT2D eigenvalue weighted by molar-refractivity contribution is 0.0946. The number of sulfonamides is 1. The van der Waals surface area contributed by atoms with Gasteiger partial charge in [0.05, 0.1) is 10.5 Å². The zero-order valence-corrected chi connectivity index (χ0v) is 15.4. The lowest BCUT2D eigenvalue weighted by atomic mass is 10.2. The van der Waals surface area contributed by atoms with Gasteiger partial charge in [-0.3, -0.25) is 4.79 Å². The monoisotopic (exact) mass is 394 g/mol. The van der Waals surface area contributed by atoms with Gasteiger partial charge in [-0.2, -0.15) is 4.31 Å². The SMILES string of the molecule is O=C(NCc1ccc(S(=O)(=O)N2CCCCC2)cc1)c1ccc(F)cc1F. The maximum absolute atomic E-state index is 13.6. The van der Waals surface area contributed by atoms with Gasteiger partial charge in [0.15, 0.2) is 0 Å². The van der Waals surface area contributed by atoms with E-state index in [0.29, 0.717) is 24.7 Å². The molecule has 0 aromatic heterocycles. The first-order chi connectivity index (χ1) is 12.9. The van der Waals surface area contributed by atoms with E-state index in [2.05, 4.69) is 5.32 Å². The minimum atomic E-state index is -3.50. The maximum atomic E-state index is 13.6. The molecular formula is C19H20F2N2O3S. The molecule has 0 aliphatic carbocycles. The molecule has 1 fully saturated rings. The summed E-state index contributed by atoms with van der Waals surface area (Å²) in [7, 11) is -3.50. The minimum Gasteiger partial charge on any atom is -0.348 e. The molecule has 0 bridgehead atoms. The molecule has 0 radical (unpaired) electrons. The van der Waals surface area contributed by atoms with Gasteiger partial charge in [0.25, 0.3) is 5.91 Å². The fourth-order valence-electron chi connectivity index (χ4n) is 2.98. The van der Waals surface area contributed by atoms with Gasteiger partial charge in [0.1, 0.15) is 11.6 Å². The molecule has 0 spiro atoms. The predicted octanol–water partition coefficient (Wildman–Crippen LogP) is 3.07. The molecule has 0 atom stereocenters. The Kier molecular flexibility index (Phi) is 5.86. The number of carbonyl (C=O) groups excluding carboxylic acids is 1. The first-order valence-corrected chi connectivity index (χ1v) is 10.1. The van der Waals surface area contributed by atoms with Crippen molar-refractivity contribution < 1.29 is 22.0 Å². The van der Waals surface area contributed by atoms with Crippen LogP contribution in [-0.4, -0.2) is 31.7 Å². The van der Waals surface area contributed by atoms with Gasteiger partial charge in [-0.15, -0.1) is 0 Å². The molecule has 1 amide bonds. The van der Waals surface area contributed by atoms with Crippen LogP contribution in [0.25, 0.3) is 0 Å². The molecule has 3 rings (SSSR count). The Morgan fingerprint density at radius 1 is 1.00 bits per heavy atom. The minimum absolute atomic E-state index is 0.0969. The number of nitrogens with zero attached hydrogens (tertiary/aromatic N) is 1. The van der Waals surface area contributed by atoms with Crippen molar-refractivity contribution in [3.05, 3.63) is 65.2 Å². The van der Waals surface area contributed by atoms with E-state index in [1.807, 2.05) is 0 Å². The first-order valence-electron chi connectivity index (χ1n) is 8.70. The zero-order valence-electron chi connectivity index (χ0n) is 14.6. The van der Waals surface area contributed by atoms with Crippen LogP contribution in [0, 0.1) is 11.6 Å². The highest BCUT2D eigenvalue weighted by Gasteiger charge is 2.25. The second kappa shape index (κ2) is 8.14. The number of rotatable bonds is 5. The largest absolute Gasteiger partial charge is 0.348 e. The van der Waals surface area contributed by atoms with Gasteiger partial charge < -0.3 is 5.32 Å². The summed E-state index contributed by atoms with van der Waals surface area (Å²) in [5.74, 6) is -2.36. The molecule has 2 aromatic carbocycles. The third-order valence-electron chi connectivity index (χ3n) is 4.50. The Hall–Kier alpha value is -2.32. The second-order valence-corrected chi connectivity index (χ2v) is 8.35. The molecule has 1 aliphatic rings. The molecule has 2 aromatic rings. The van der Waals surface area contributed by atoms with Crippen molar-refractivity contribution >= 4 is 15.9 Å². The average molecular weight is 394 g/mol. The molecule has 0 unspecified atom stereocenters. The molecule has 8 heteroatoms. The highest BCUT2D eigenvalue weighted by Crippen LogP contribution is 2.21. The van der Waals surface area contributed by atoms with E-state index < -0.39 is 27.6 Å². The predicted molar refractivity (Wildman–Crippen MR) is 96.6 cm³/mol. The van der Waals surface area contributed by atoms with E-state index in [9.17, 15) is 22.0 Å². The Morgan fingerprint density at radius 3 is 2.30 bits per heavy atom. The Balaban J connectivity index is 1.64. The van der Waals surface area contributed by atoms with Gasteiger partial charge >= 0.3 is 0 Å². The van der Waals surface area contributed by atoms with Gasteiger partial charge in [-0.1, -0.05) is 18.6 Å². The summed E-state index contributed by atoms with van der Waals surface area (Å²) in [5, 5.41) is 2.54. The molecule has 5 nitrogen and oxygen atoms in total. The van der Waals surface area contributed by atoms with Gasteiger partial charge in [-0.25, -0.2) is 17.2 Å². The lowest BCUT2D eigenvalue weighted by Gasteiger charge is -2.25. The summed E-state index contributed by atoms with van der Waals surface area (Å²) in [4.78, 5) is 12.2. The highest BCUT2D eigenvalue weighted by molar-refractivity contribution is 7.89. The van der Waals surface area contributed by atoms with Crippen molar-refractivity contribution in [2.75, 3.05) is 13.1 Å². The Bertz CT molecular complexity index is 924. The van der Waals surface area contributed by atoms with E-state index in [1.54, 1.807) is 12.1 Å². The number of carbonyl (C=O) groups is 1. The second-order valence-electron chi connectivity index (χ2n) is 6.42. The number of piperidine rings is 1. The van der Waals surface area contributed by atoms with Crippen LogP contribution in [0.1, 0.15) is 35.2 Å². The number of halogens is 2. The fraction of sp³-hybridized carbons (Fsp3) is 0.316. The van der Waals surface area contributed by atoms with Crippen molar-refractivity contribution in [1.82, 2.24) is 9.62 Å². The third kappa shape index (κ3) is 4.51. The molecular weight excluding hydrogens is 374 g/mol. The van der Waals surface area contributed by atoms with Gasteiger partial charge in [-0.05, 0) is 42.7 Å². The van der Waals surface area contributed by atoms with Crippen molar-refractivity contribution in [1.29, 1.82) is 0 Å². The van der Waals surface area contributed by atoms with Crippen molar-refractivity contribution in [3.63, 3.8) is 0 Å². The normalized spacial score (nSPS) is 15.5. The summed E-state index contributed by atoms with van der Waals surface area (Å²) in [5.41, 5.74) is 0.421. The van der Waals surface area contributed by atoms with E-state index in [1.165, 1.54) is 16.4 Å². The van der Waals surface area contributed by atoms with E-state index >= 15 is 0 Å². The number of hydrogen-bond donors (Lipinski definition) is 1. The van der Waals surface area contributed by atoms with Crippen molar-refractivity contribution in [2.24, 2.45) is 0 Å². The molecule has 1 heterocycles. The van der Waals surface area contributed by atoms with Crippen LogP contribution < -0.4 is 5.32 Å². The van der Waals surface area contributed by atoms with Crippen LogP contribution in [0.15, 0.2) is 47.4 Å². The van der Waals surface area contributed by atoms with Crippen molar-refractivity contribution in [3.8, 4) is 0 Å². The van der Waals surface area contributed by atoms with Crippen LogP contribution in [0.3, 0.4) is 0 Å². The smallest absolute Gasteiger partial charge is 0.254 e. The summed E-state index contributed by atoms with van der Waals surface area (Å²) in [6, 6.07) is 8.96. The number of amides is 1. The molecule has 1 N–H and O–H groups in total. The first kappa shape index (κ1) is 19.4. The lowest BCUT2D eigenvalue weighted by Crippen LogP contribution is -2.35. The van der Waals surface area contributed by atoms with Crippen LogP contribution in [0.5, 0.6) is 0 Å². The number of nitrogens with one attached hydrogen (secondary N) is 1. The summed E-state index contributed by atoms with van der Waals surface area (Å²) < 4.78 is 53.2. The average Bonchev–Trinajstić information content (AvgIpc) is 2.67. The summed E-state index contributed by atoms with van der Waals surface area (Å²) in [6.45, 7) is 1.16.